The maximum atomic E-state index is 12.3. The molecule has 0 aliphatic heterocycles. The lowest BCUT2D eigenvalue weighted by atomic mass is 10.0. The molecule has 2 N–H and O–H groups in total. The summed E-state index contributed by atoms with van der Waals surface area (Å²) in [5.41, 5.74) is 9.48. The second-order valence-corrected chi connectivity index (χ2v) is 7.12. The number of carbonyl (C=O) groups excluding carboxylic acids is 2. The van der Waals surface area contributed by atoms with Crippen molar-refractivity contribution in [3.63, 3.8) is 0 Å². The van der Waals surface area contributed by atoms with Crippen molar-refractivity contribution in [3.05, 3.63) is 115 Å². The molecule has 0 bridgehead atoms. The van der Waals surface area contributed by atoms with Gasteiger partial charge in [-0.2, -0.15) is 0 Å². The fourth-order valence-electron chi connectivity index (χ4n) is 3.20. The Morgan fingerprint density at radius 3 is 1.56 bits per heavy atom. The van der Waals surface area contributed by atoms with E-state index < -0.39 is 11.8 Å². The minimum Gasteiger partial charge on any atom is -0.484 e. The van der Waals surface area contributed by atoms with Crippen molar-refractivity contribution < 1.29 is 14.3 Å². The smallest absolute Gasteiger partial charge is 0.276 e. The number of hydrogen-bond acceptors (Lipinski definition) is 3. The molecule has 0 aromatic heterocycles. The van der Waals surface area contributed by atoms with Crippen LogP contribution in [0.5, 0.6) is 5.75 Å². The highest BCUT2D eigenvalue weighted by molar-refractivity contribution is 5.95. The summed E-state index contributed by atoms with van der Waals surface area (Å²) in [6.07, 6.45) is 0. The molecular weight excluding hydrogens is 400 g/mol. The summed E-state index contributed by atoms with van der Waals surface area (Å²) >= 11 is 0. The summed E-state index contributed by atoms with van der Waals surface area (Å²) < 4.78 is 5.50. The molecule has 0 heterocycles. The fourth-order valence-corrected chi connectivity index (χ4v) is 3.20. The Balaban J connectivity index is 1.24. The van der Waals surface area contributed by atoms with E-state index >= 15 is 0 Å². The van der Waals surface area contributed by atoms with Gasteiger partial charge < -0.3 is 4.74 Å². The van der Waals surface area contributed by atoms with Gasteiger partial charge in [0.15, 0.2) is 6.61 Å². The van der Waals surface area contributed by atoms with E-state index in [-0.39, 0.29) is 6.61 Å². The van der Waals surface area contributed by atoms with Gasteiger partial charge in [0.2, 0.25) is 0 Å². The molecule has 4 aromatic carbocycles. The van der Waals surface area contributed by atoms with E-state index in [1.807, 2.05) is 97.1 Å². The van der Waals surface area contributed by atoms with Crippen LogP contribution in [-0.2, 0) is 4.79 Å². The number of carbonyl (C=O) groups is 2. The molecule has 2 amide bonds. The number of rotatable bonds is 6. The maximum absolute atomic E-state index is 12.3. The molecule has 0 aliphatic carbocycles. The number of ether oxygens (including phenoxy) is 1. The van der Waals surface area contributed by atoms with Crippen LogP contribution in [0.4, 0.5) is 0 Å². The molecule has 0 radical (unpaired) electrons. The van der Waals surface area contributed by atoms with Crippen LogP contribution >= 0.6 is 0 Å². The number of hydrazine groups is 1. The number of hydrogen-bond donors (Lipinski definition) is 2. The van der Waals surface area contributed by atoms with Gasteiger partial charge in [0.25, 0.3) is 11.8 Å². The molecule has 0 unspecified atom stereocenters. The monoisotopic (exact) mass is 422 g/mol. The third-order valence-electron chi connectivity index (χ3n) is 4.90. The number of amides is 2. The number of nitrogens with one attached hydrogen (secondary N) is 2. The second kappa shape index (κ2) is 10.1. The van der Waals surface area contributed by atoms with E-state index in [1.54, 1.807) is 12.1 Å². The summed E-state index contributed by atoms with van der Waals surface area (Å²) in [6, 6.07) is 34.5. The van der Waals surface area contributed by atoms with Crippen LogP contribution in [-0.4, -0.2) is 18.4 Å². The Hall–Kier alpha value is -4.38. The van der Waals surface area contributed by atoms with Crippen molar-refractivity contribution in [2.75, 3.05) is 6.61 Å². The third kappa shape index (κ3) is 5.40. The van der Waals surface area contributed by atoms with Gasteiger partial charge >= 0.3 is 0 Å². The zero-order valence-electron chi connectivity index (χ0n) is 17.3. The normalized spacial score (nSPS) is 10.2. The van der Waals surface area contributed by atoms with Crippen molar-refractivity contribution in [2.45, 2.75) is 0 Å². The van der Waals surface area contributed by atoms with E-state index in [0.29, 0.717) is 11.3 Å². The minimum atomic E-state index is -0.452. The average Bonchev–Trinajstić information content (AvgIpc) is 2.87. The standard InChI is InChI=1S/C27H22N2O3/c30-26(19-32-25-17-15-23(16-18-25)21-9-5-2-6-10-21)28-29-27(31)24-13-11-22(12-14-24)20-7-3-1-4-8-20/h1-18H,19H2,(H,28,30)(H,29,31). The van der Waals surface area contributed by atoms with Gasteiger partial charge in [0.1, 0.15) is 5.75 Å². The van der Waals surface area contributed by atoms with E-state index in [9.17, 15) is 9.59 Å². The molecule has 4 rings (SSSR count). The largest absolute Gasteiger partial charge is 0.484 e. The molecule has 0 atom stereocenters. The summed E-state index contributed by atoms with van der Waals surface area (Å²) in [7, 11) is 0. The van der Waals surface area contributed by atoms with Crippen molar-refractivity contribution in [3.8, 4) is 28.0 Å². The quantitative estimate of drug-likeness (QED) is 0.436. The van der Waals surface area contributed by atoms with E-state index in [4.69, 9.17) is 4.74 Å². The van der Waals surface area contributed by atoms with Crippen LogP contribution in [0.25, 0.3) is 22.3 Å². The van der Waals surface area contributed by atoms with E-state index in [1.165, 1.54) is 0 Å². The van der Waals surface area contributed by atoms with Gasteiger partial charge in [-0.25, -0.2) is 0 Å². The molecule has 32 heavy (non-hydrogen) atoms. The third-order valence-corrected chi connectivity index (χ3v) is 4.90. The number of benzene rings is 4. The lowest BCUT2D eigenvalue weighted by molar-refractivity contribution is -0.123. The van der Waals surface area contributed by atoms with Gasteiger partial charge in [-0.3, -0.25) is 20.4 Å². The fraction of sp³-hybridized carbons (Fsp3) is 0.0370. The van der Waals surface area contributed by atoms with Gasteiger partial charge in [-0.1, -0.05) is 84.9 Å². The first kappa shape index (κ1) is 20.9. The molecule has 4 aromatic rings. The molecule has 5 heteroatoms. The Morgan fingerprint density at radius 2 is 1.03 bits per heavy atom. The van der Waals surface area contributed by atoms with Gasteiger partial charge in [-0.15, -0.1) is 0 Å². The van der Waals surface area contributed by atoms with Crippen molar-refractivity contribution in [2.24, 2.45) is 0 Å². The predicted molar refractivity (Wildman–Crippen MR) is 125 cm³/mol. The topological polar surface area (TPSA) is 67.4 Å². The van der Waals surface area contributed by atoms with Crippen LogP contribution in [0, 0.1) is 0 Å². The van der Waals surface area contributed by atoms with Crippen LogP contribution in [0.1, 0.15) is 10.4 Å². The molecule has 158 valence electrons. The summed E-state index contributed by atoms with van der Waals surface area (Å²) in [5.74, 6) is -0.278. The van der Waals surface area contributed by atoms with Crippen LogP contribution < -0.4 is 15.6 Å². The Morgan fingerprint density at radius 1 is 0.562 bits per heavy atom. The first-order valence-electron chi connectivity index (χ1n) is 10.2. The maximum Gasteiger partial charge on any atom is 0.276 e. The Bertz CT molecular complexity index is 1170. The molecule has 0 saturated heterocycles. The van der Waals surface area contributed by atoms with Crippen LogP contribution in [0.3, 0.4) is 0 Å². The lowest BCUT2D eigenvalue weighted by Gasteiger charge is -2.10. The predicted octanol–water partition coefficient (Wildman–Crippen LogP) is 4.86. The van der Waals surface area contributed by atoms with Crippen molar-refractivity contribution in [1.29, 1.82) is 0 Å². The molecule has 5 nitrogen and oxygen atoms in total. The first-order valence-corrected chi connectivity index (χ1v) is 10.2. The van der Waals surface area contributed by atoms with Crippen molar-refractivity contribution in [1.82, 2.24) is 10.9 Å². The summed E-state index contributed by atoms with van der Waals surface area (Å²) in [5, 5.41) is 0. The van der Waals surface area contributed by atoms with E-state index in [2.05, 4.69) is 10.9 Å². The molecule has 0 spiro atoms. The SMILES string of the molecule is O=C(COc1ccc(-c2ccccc2)cc1)NNC(=O)c1ccc(-c2ccccc2)cc1. The van der Waals surface area contributed by atoms with E-state index in [0.717, 1.165) is 22.3 Å². The van der Waals surface area contributed by atoms with Gasteiger partial charge in [-0.05, 0) is 46.5 Å². The minimum absolute atomic E-state index is 0.210. The lowest BCUT2D eigenvalue weighted by Crippen LogP contribution is -2.43. The molecule has 0 saturated carbocycles. The highest BCUT2D eigenvalue weighted by Gasteiger charge is 2.09. The zero-order valence-corrected chi connectivity index (χ0v) is 17.3. The molecule has 0 fully saturated rings. The summed E-state index contributed by atoms with van der Waals surface area (Å²) in [4.78, 5) is 24.3. The second-order valence-electron chi connectivity index (χ2n) is 7.12. The van der Waals surface area contributed by atoms with Gasteiger partial charge in [0.05, 0.1) is 0 Å². The molecule has 0 aliphatic rings. The summed E-state index contributed by atoms with van der Waals surface area (Å²) in [6.45, 7) is -0.210. The van der Waals surface area contributed by atoms with Crippen LogP contribution in [0.15, 0.2) is 109 Å². The highest BCUT2D eigenvalue weighted by Crippen LogP contribution is 2.22. The highest BCUT2D eigenvalue weighted by atomic mass is 16.5. The Labute approximate surface area is 186 Å². The van der Waals surface area contributed by atoms with Gasteiger partial charge in [0, 0.05) is 5.56 Å². The zero-order chi connectivity index (χ0) is 22.2. The first-order chi connectivity index (χ1) is 15.7. The molecular formula is C27H22N2O3. The van der Waals surface area contributed by atoms with Crippen molar-refractivity contribution >= 4 is 11.8 Å². The van der Waals surface area contributed by atoms with Crippen LogP contribution in [0.2, 0.25) is 0 Å². The Kier molecular flexibility index (Phi) is 6.58. The average molecular weight is 422 g/mol.